The molecule has 0 radical (unpaired) electrons. The Bertz CT molecular complexity index is 1450. The third kappa shape index (κ3) is 4.92. The van der Waals surface area contributed by atoms with Gasteiger partial charge in [0.05, 0.1) is 31.7 Å². The van der Waals surface area contributed by atoms with Crippen molar-refractivity contribution in [2.75, 3.05) is 26.6 Å². The number of benzene rings is 2. The summed E-state index contributed by atoms with van der Waals surface area (Å²) in [6.07, 6.45) is 1.68. The Morgan fingerprint density at radius 2 is 1.78 bits per heavy atom. The van der Waals surface area contributed by atoms with Crippen molar-refractivity contribution in [2.45, 2.75) is 20.3 Å². The van der Waals surface area contributed by atoms with Crippen molar-refractivity contribution < 1.29 is 28.3 Å². The number of nitrogens with zero attached hydrogens (tertiary/aromatic N) is 2. The zero-order chi connectivity index (χ0) is 25.8. The van der Waals surface area contributed by atoms with E-state index in [0.29, 0.717) is 56.6 Å². The second-order valence-corrected chi connectivity index (χ2v) is 7.97. The van der Waals surface area contributed by atoms with E-state index in [0.717, 1.165) is 5.56 Å². The van der Waals surface area contributed by atoms with Crippen molar-refractivity contribution in [3.05, 3.63) is 65.0 Å². The Morgan fingerprint density at radius 1 is 1.00 bits per heavy atom. The van der Waals surface area contributed by atoms with E-state index in [1.54, 1.807) is 56.6 Å². The minimum atomic E-state index is -0.288. The monoisotopic (exact) mass is 490 g/mol. The first-order chi connectivity index (χ1) is 17.3. The van der Waals surface area contributed by atoms with E-state index in [9.17, 15) is 9.59 Å². The fraction of sp³-hybridized carbons (Fsp3) is 0.231. The molecule has 0 fully saturated rings. The largest absolute Gasteiger partial charge is 0.496 e. The molecule has 0 aliphatic rings. The summed E-state index contributed by atoms with van der Waals surface area (Å²) in [5.41, 5.74) is 2.42. The first-order valence-corrected chi connectivity index (χ1v) is 11.1. The number of ether oxygens (including phenoxy) is 3. The van der Waals surface area contributed by atoms with Gasteiger partial charge in [-0.25, -0.2) is 0 Å². The molecule has 0 aliphatic carbocycles. The fourth-order valence-electron chi connectivity index (χ4n) is 3.66. The molecule has 2 N–H and O–H groups in total. The summed E-state index contributed by atoms with van der Waals surface area (Å²) < 4.78 is 22.1. The minimum Gasteiger partial charge on any atom is -0.496 e. The molecule has 0 spiro atoms. The maximum atomic E-state index is 12.6. The Labute approximate surface area is 207 Å². The highest BCUT2D eigenvalue weighted by atomic mass is 16.5. The molecule has 10 nitrogen and oxygen atoms in total. The van der Waals surface area contributed by atoms with Crippen LogP contribution in [-0.4, -0.2) is 43.2 Å². The van der Waals surface area contributed by atoms with Gasteiger partial charge in [0.25, 0.3) is 5.91 Å². The van der Waals surface area contributed by atoms with Gasteiger partial charge in [-0.3, -0.25) is 14.6 Å². The van der Waals surface area contributed by atoms with Gasteiger partial charge in [0, 0.05) is 41.9 Å². The van der Waals surface area contributed by atoms with Crippen LogP contribution < -0.4 is 24.8 Å². The molecule has 2 aromatic heterocycles. The van der Waals surface area contributed by atoms with E-state index in [-0.39, 0.29) is 18.2 Å². The highest BCUT2D eigenvalue weighted by molar-refractivity contribution is 6.02. The zero-order valence-electron chi connectivity index (χ0n) is 20.6. The lowest BCUT2D eigenvalue weighted by atomic mass is 10.1. The van der Waals surface area contributed by atoms with Gasteiger partial charge in [-0.2, -0.15) is 0 Å². The molecule has 2 aromatic carbocycles. The Hall–Kier alpha value is -4.60. The lowest BCUT2D eigenvalue weighted by Crippen LogP contribution is -2.18. The highest BCUT2D eigenvalue weighted by Crippen LogP contribution is 2.35. The van der Waals surface area contributed by atoms with Crippen LogP contribution in [0.5, 0.6) is 23.0 Å². The van der Waals surface area contributed by atoms with E-state index in [1.165, 1.54) is 14.2 Å². The molecule has 2 amide bonds. The van der Waals surface area contributed by atoms with E-state index in [4.69, 9.17) is 18.7 Å². The summed E-state index contributed by atoms with van der Waals surface area (Å²) in [5, 5.41) is 9.86. The summed E-state index contributed by atoms with van der Waals surface area (Å²) in [6, 6.07) is 10.3. The maximum Gasteiger partial charge on any atom is 0.254 e. The predicted octanol–water partition coefficient (Wildman–Crippen LogP) is 4.19. The normalized spacial score (nSPS) is 10.7. The molecule has 0 saturated carbocycles. The number of anilines is 1. The van der Waals surface area contributed by atoms with Crippen molar-refractivity contribution in [1.82, 2.24) is 15.5 Å². The fourth-order valence-corrected chi connectivity index (χ4v) is 3.66. The lowest BCUT2D eigenvalue weighted by molar-refractivity contribution is -0.115. The van der Waals surface area contributed by atoms with Crippen molar-refractivity contribution in [1.29, 1.82) is 0 Å². The van der Waals surface area contributed by atoms with Crippen LogP contribution in [0.4, 0.5) is 5.82 Å². The Morgan fingerprint density at radius 3 is 2.44 bits per heavy atom. The number of amides is 2. The summed E-state index contributed by atoms with van der Waals surface area (Å²) in [7, 11) is 4.57. The van der Waals surface area contributed by atoms with Gasteiger partial charge >= 0.3 is 0 Å². The third-order valence-corrected chi connectivity index (χ3v) is 5.75. The summed E-state index contributed by atoms with van der Waals surface area (Å²) in [5.74, 6) is 2.38. The molecule has 4 aromatic rings. The first kappa shape index (κ1) is 24.5. The number of hydrogen-bond donors (Lipinski definition) is 2. The minimum absolute atomic E-state index is 0.0717. The molecule has 0 unspecified atom stereocenters. The quantitative estimate of drug-likeness (QED) is 0.377. The van der Waals surface area contributed by atoms with Crippen molar-refractivity contribution in [3.63, 3.8) is 0 Å². The number of carbonyl (C=O) groups excluding carboxylic acids is 2. The highest BCUT2D eigenvalue weighted by Gasteiger charge is 2.17. The van der Waals surface area contributed by atoms with Gasteiger partial charge in [-0.1, -0.05) is 11.2 Å². The van der Waals surface area contributed by atoms with Crippen LogP contribution in [0.3, 0.4) is 0 Å². The summed E-state index contributed by atoms with van der Waals surface area (Å²) >= 11 is 0. The Balaban J connectivity index is 1.59. The lowest BCUT2D eigenvalue weighted by Gasteiger charge is -2.14. The number of fused-ring (bicyclic) bond motifs is 1. The number of methoxy groups -OCH3 is 2. The first-order valence-electron chi connectivity index (χ1n) is 11.1. The van der Waals surface area contributed by atoms with Gasteiger partial charge in [0.1, 0.15) is 28.8 Å². The molecule has 0 saturated heterocycles. The van der Waals surface area contributed by atoms with Crippen LogP contribution in [0.2, 0.25) is 0 Å². The van der Waals surface area contributed by atoms with Crippen molar-refractivity contribution in [2.24, 2.45) is 0 Å². The van der Waals surface area contributed by atoms with Crippen molar-refractivity contribution >= 4 is 28.5 Å². The van der Waals surface area contributed by atoms with Gasteiger partial charge in [0.2, 0.25) is 5.91 Å². The van der Waals surface area contributed by atoms with E-state index < -0.39 is 0 Å². The van der Waals surface area contributed by atoms with Crippen LogP contribution in [0.25, 0.3) is 10.9 Å². The number of aryl methyl sites for hydroxylation is 1. The molecular weight excluding hydrogens is 464 g/mol. The smallest absolute Gasteiger partial charge is 0.254 e. The summed E-state index contributed by atoms with van der Waals surface area (Å²) in [4.78, 5) is 29.3. The molecule has 4 rings (SSSR count). The molecule has 2 heterocycles. The number of hydrogen-bond acceptors (Lipinski definition) is 8. The second-order valence-electron chi connectivity index (χ2n) is 7.97. The molecule has 0 aliphatic heterocycles. The van der Waals surface area contributed by atoms with E-state index in [2.05, 4.69) is 20.8 Å². The average Bonchev–Trinajstić information content (AvgIpc) is 3.20. The van der Waals surface area contributed by atoms with Crippen LogP contribution in [0, 0.1) is 13.8 Å². The maximum absolute atomic E-state index is 12.6. The molecule has 0 bridgehead atoms. The number of carbonyl (C=O) groups is 2. The Kier molecular flexibility index (Phi) is 7.05. The van der Waals surface area contributed by atoms with E-state index >= 15 is 0 Å². The number of nitrogens with one attached hydrogen (secondary N) is 2. The van der Waals surface area contributed by atoms with Gasteiger partial charge in [-0.05, 0) is 32.0 Å². The van der Waals surface area contributed by atoms with E-state index in [1.807, 2.05) is 6.92 Å². The number of aromatic nitrogens is 2. The topological polar surface area (TPSA) is 125 Å². The van der Waals surface area contributed by atoms with Crippen LogP contribution in [0.1, 0.15) is 27.2 Å². The number of pyridine rings is 1. The molecule has 0 atom stereocenters. The zero-order valence-corrected chi connectivity index (χ0v) is 20.6. The van der Waals surface area contributed by atoms with Crippen LogP contribution in [-0.2, 0) is 11.2 Å². The summed E-state index contributed by atoms with van der Waals surface area (Å²) in [6.45, 7) is 3.60. The van der Waals surface area contributed by atoms with Crippen LogP contribution >= 0.6 is 0 Å². The molecular formula is C26H26N4O6. The second kappa shape index (κ2) is 10.3. The molecule has 36 heavy (non-hydrogen) atoms. The predicted molar refractivity (Wildman–Crippen MR) is 133 cm³/mol. The SMILES string of the molecule is CNC(=O)c1cc2c(Oc3ccc(CC(=O)Nc4noc(C)c4C)c(OC)c3)ccnc2cc1OC. The number of rotatable bonds is 8. The van der Waals surface area contributed by atoms with Gasteiger partial charge in [0.15, 0.2) is 5.82 Å². The standard InChI is InChI=1S/C26H26N4O6/c1-14-15(2)36-30-25(14)29-24(31)10-16-6-7-17(11-22(16)33-4)35-21-8-9-28-20-13-23(34-5)19(12-18(20)21)26(32)27-3/h6-9,11-13H,10H2,1-5H3,(H,27,32)(H,29,30,31). The molecule has 10 heteroatoms. The average molecular weight is 491 g/mol. The van der Waals surface area contributed by atoms with Crippen LogP contribution in [0.15, 0.2) is 47.1 Å². The van der Waals surface area contributed by atoms with Crippen molar-refractivity contribution in [3.8, 4) is 23.0 Å². The third-order valence-electron chi connectivity index (χ3n) is 5.75. The van der Waals surface area contributed by atoms with Gasteiger partial charge in [-0.15, -0.1) is 0 Å². The molecule has 186 valence electrons. The van der Waals surface area contributed by atoms with Gasteiger partial charge < -0.3 is 29.4 Å².